The molecule has 2 rings (SSSR count). The van der Waals surface area contributed by atoms with Gasteiger partial charge in [-0.25, -0.2) is 4.68 Å². The predicted molar refractivity (Wildman–Crippen MR) is 60.9 cm³/mol. The van der Waals surface area contributed by atoms with Gasteiger partial charge in [0, 0.05) is 12.4 Å². The quantitative estimate of drug-likeness (QED) is 0.763. The lowest BCUT2D eigenvalue weighted by molar-refractivity contribution is 0.254. The van der Waals surface area contributed by atoms with Crippen molar-refractivity contribution in [3.63, 3.8) is 0 Å². The summed E-state index contributed by atoms with van der Waals surface area (Å²) in [5.41, 5.74) is 0. The van der Waals surface area contributed by atoms with Crippen LogP contribution in [0.3, 0.4) is 0 Å². The summed E-state index contributed by atoms with van der Waals surface area (Å²) in [5, 5.41) is 4.00. The molecule has 0 saturated carbocycles. The highest BCUT2D eigenvalue weighted by Crippen LogP contribution is 2.11. The van der Waals surface area contributed by atoms with Crippen LogP contribution in [0.4, 0.5) is 0 Å². The van der Waals surface area contributed by atoms with Crippen molar-refractivity contribution >= 4 is 11.6 Å². The van der Waals surface area contributed by atoms with Gasteiger partial charge in [-0.15, -0.1) is 6.42 Å². The smallest absolute Gasteiger partial charge is 0.323 e. The average Bonchev–Trinajstić information content (AvgIpc) is 2.81. The monoisotopic (exact) mass is 249 g/mol. The second kappa shape index (κ2) is 4.80. The average molecular weight is 250 g/mol. The minimum absolute atomic E-state index is 0.0183. The van der Waals surface area contributed by atoms with Gasteiger partial charge in [0.05, 0.1) is 0 Å². The standard InChI is InChI=1S/C10H8ClN5O/c1-3-7(2)17-10-14-8(11)13-9(15-10)16-6-4-5-12-16/h1,4-7H,2H3. The lowest BCUT2D eigenvalue weighted by Crippen LogP contribution is -2.13. The molecule has 0 aromatic carbocycles. The topological polar surface area (TPSA) is 65.7 Å². The van der Waals surface area contributed by atoms with Crippen LogP contribution in [0.1, 0.15) is 6.92 Å². The molecular formula is C10H8ClN5O. The van der Waals surface area contributed by atoms with Gasteiger partial charge in [-0.3, -0.25) is 0 Å². The van der Waals surface area contributed by atoms with E-state index in [0.29, 0.717) is 0 Å². The molecule has 86 valence electrons. The highest BCUT2D eigenvalue weighted by atomic mass is 35.5. The van der Waals surface area contributed by atoms with E-state index in [0.717, 1.165) is 0 Å². The van der Waals surface area contributed by atoms with Gasteiger partial charge in [0.15, 0.2) is 6.10 Å². The van der Waals surface area contributed by atoms with E-state index in [9.17, 15) is 0 Å². The molecular weight excluding hydrogens is 242 g/mol. The van der Waals surface area contributed by atoms with Gasteiger partial charge < -0.3 is 4.74 Å². The number of rotatable bonds is 3. The van der Waals surface area contributed by atoms with Gasteiger partial charge in [-0.1, -0.05) is 5.92 Å². The van der Waals surface area contributed by atoms with Gasteiger partial charge in [0.2, 0.25) is 5.28 Å². The van der Waals surface area contributed by atoms with Gasteiger partial charge in [-0.2, -0.15) is 20.1 Å². The van der Waals surface area contributed by atoms with Crippen molar-refractivity contribution in [2.24, 2.45) is 0 Å². The first-order chi connectivity index (χ1) is 8.19. The number of terminal acetylenes is 1. The molecule has 2 heterocycles. The fourth-order valence-corrected chi connectivity index (χ4v) is 1.20. The third-order valence-electron chi connectivity index (χ3n) is 1.80. The highest BCUT2D eigenvalue weighted by molar-refractivity contribution is 6.28. The number of halogens is 1. The van der Waals surface area contributed by atoms with Gasteiger partial charge in [0.1, 0.15) is 0 Å². The molecule has 0 radical (unpaired) electrons. The van der Waals surface area contributed by atoms with Crippen LogP contribution in [-0.2, 0) is 0 Å². The predicted octanol–water partition coefficient (Wildman–Crippen LogP) is 1.11. The molecule has 0 amide bonds. The Morgan fingerprint density at radius 2 is 2.29 bits per heavy atom. The van der Waals surface area contributed by atoms with Gasteiger partial charge in [0.25, 0.3) is 5.95 Å². The zero-order chi connectivity index (χ0) is 12.3. The van der Waals surface area contributed by atoms with Gasteiger partial charge in [-0.05, 0) is 24.6 Å². The molecule has 2 aromatic heterocycles. The van der Waals surface area contributed by atoms with Crippen molar-refractivity contribution in [2.75, 3.05) is 0 Å². The van der Waals surface area contributed by atoms with Crippen LogP contribution in [0.5, 0.6) is 6.01 Å². The summed E-state index contributed by atoms with van der Waals surface area (Å²) in [5.74, 6) is 2.67. The maximum atomic E-state index is 5.76. The van der Waals surface area contributed by atoms with Crippen LogP contribution < -0.4 is 4.74 Å². The van der Waals surface area contributed by atoms with Gasteiger partial charge >= 0.3 is 6.01 Å². The van der Waals surface area contributed by atoms with Crippen LogP contribution in [0, 0.1) is 12.3 Å². The first-order valence-electron chi connectivity index (χ1n) is 4.73. The second-order valence-electron chi connectivity index (χ2n) is 3.06. The summed E-state index contributed by atoms with van der Waals surface area (Å²) >= 11 is 5.76. The van der Waals surface area contributed by atoms with E-state index in [-0.39, 0.29) is 17.2 Å². The van der Waals surface area contributed by atoms with E-state index in [1.165, 1.54) is 4.68 Å². The number of hydrogen-bond donors (Lipinski definition) is 0. The number of hydrogen-bond acceptors (Lipinski definition) is 5. The van der Waals surface area contributed by atoms with Crippen LogP contribution in [0.15, 0.2) is 18.5 Å². The molecule has 1 atom stereocenters. The summed E-state index contributed by atoms with van der Waals surface area (Å²) in [7, 11) is 0. The van der Waals surface area contributed by atoms with E-state index < -0.39 is 6.10 Å². The van der Waals surface area contributed by atoms with Crippen LogP contribution in [-0.4, -0.2) is 30.8 Å². The van der Waals surface area contributed by atoms with E-state index >= 15 is 0 Å². The summed E-state index contributed by atoms with van der Waals surface area (Å²) in [4.78, 5) is 11.8. The maximum absolute atomic E-state index is 5.76. The highest BCUT2D eigenvalue weighted by Gasteiger charge is 2.09. The molecule has 0 aliphatic rings. The molecule has 2 aromatic rings. The van der Waals surface area contributed by atoms with Crippen LogP contribution >= 0.6 is 11.6 Å². The Morgan fingerprint density at radius 1 is 1.47 bits per heavy atom. The van der Waals surface area contributed by atoms with Crippen molar-refractivity contribution in [2.45, 2.75) is 13.0 Å². The van der Waals surface area contributed by atoms with Crippen molar-refractivity contribution in [3.8, 4) is 24.3 Å². The molecule has 0 saturated heterocycles. The molecule has 6 nitrogen and oxygen atoms in total. The molecule has 7 heteroatoms. The zero-order valence-electron chi connectivity index (χ0n) is 8.91. The number of nitrogens with zero attached hydrogens (tertiary/aromatic N) is 5. The SMILES string of the molecule is C#CC(C)Oc1nc(Cl)nc(-n2cccn2)n1. The minimum atomic E-state index is -0.445. The summed E-state index contributed by atoms with van der Waals surface area (Å²) in [6, 6.07) is 1.81. The molecule has 17 heavy (non-hydrogen) atoms. The van der Waals surface area contributed by atoms with Crippen molar-refractivity contribution in [3.05, 3.63) is 23.7 Å². The molecule has 0 bridgehead atoms. The molecule has 0 fully saturated rings. The third-order valence-corrected chi connectivity index (χ3v) is 1.97. The van der Waals surface area contributed by atoms with E-state index in [2.05, 4.69) is 26.0 Å². The Labute approximate surface area is 103 Å². The van der Waals surface area contributed by atoms with E-state index in [1.54, 1.807) is 25.4 Å². The molecule has 0 N–H and O–H groups in total. The largest absolute Gasteiger partial charge is 0.447 e. The summed E-state index contributed by atoms with van der Waals surface area (Å²) < 4.78 is 6.70. The zero-order valence-corrected chi connectivity index (χ0v) is 9.66. The van der Waals surface area contributed by atoms with Crippen molar-refractivity contribution in [1.82, 2.24) is 24.7 Å². The Balaban J connectivity index is 2.34. The first kappa shape index (κ1) is 11.4. The number of ether oxygens (including phenoxy) is 1. The molecule has 0 spiro atoms. The van der Waals surface area contributed by atoms with Crippen LogP contribution in [0.25, 0.3) is 5.95 Å². The maximum Gasteiger partial charge on any atom is 0.323 e. The molecule has 0 aliphatic carbocycles. The summed E-state index contributed by atoms with van der Waals surface area (Å²) in [6.45, 7) is 1.70. The molecule has 0 aliphatic heterocycles. The van der Waals surface area contributed by atoms with Crippen molar-refractivity contribution in [1.29, 1.82) is 0 Å². The third kappa shape index (κ3) is 2.71. The Hall–Kier alpha value is -2.13. The van der Waals surface area contributed by atoms with E-state index in [1.807, 2.05) is 0 Å². The van der Waals surface area contributed by atoms with Crippen LogP contribution in [0.2, 0.25) is 5.28 Å². The molecule has 1 unspecified atom stereocenters. The lowest BCUT2D eigenvalue weighted by Gasteiger charge is -2.07. The fraction of sp³-hybridized carbons (Fsp3) is 0.200. The fourth-order valence-electron chi connectivity index (χ4n) is 1.06. The first-order valence-corrected chi connectivity index (χ1v) is 5.11. The Morgan fingerprint density at radius 3 is 2.94 bits per heavy atom. The van der Waals surface area contributed by atoms with E-state index in [4.69, 9.17) is 22.8 Å². The Bertz CT molecular complexity index is 548. The lowest BCUT2D eigenvalue weighted by atomic mass is 10.4. The summed E-state index contributed by atoms with van der Waals surface area (Å²) in [6.07, 6.45) is 8.03. The second-order valence-corrected chi connectivity index (χ2v) is 3.40. The normalized spacial score (nSPS) is 11.8. The number of aromatic nitrogens is 5. The van der Waals surface area contributed by atoms with Crippen molar-refractivity contribution < 1.29 is 4.74 Å². The Kier molecular flexibility index (Phi) is 3.21. The minimum Gasteiger partial charge on any atom is -0.447 e.